The number of halogens is 1. The van der Waals surface area contributed by atoms with Crippen LogP contribution < -0.4 is 5.32 Å². The Labute approximate surface area is 121 Å². The molecule has 3 heteroatoms. The van der Waals surface area contributed by atoms with Gasteiger partial charge in [0.1, 0.15) is 0 Å². The summed E-state index contributed by atoms with van der Waals surface area (Å²) >= 11 is 5.97. The van der Waals surface area contributed by atoms with Crippen LogP contribution in [0.15, 0.2) is 24.3 Å². The van der Waals surface area contributed by atoms with E-state index in [-0.39, 0.29) is 0 Å². The topological polar surface area (TPSA) is 21.3 Å². The van der Waals surface area contributed by atoms with Gasteiger partial charge in [0.05, 0.1) is 6.10 Å². The Bertz CT molecular complexity index is 371. The maximum absolute atomic E-state index is 5.97. The van der Waals surface area contributed by atoms with Gasteiger partial charge < -0.3 is 10.1 Å². The van der Waals surface area contributed by atoms with Crippen molar-refractivity contribution in [1.29, 1.82) is 0 Å². The Morgan fingerprint density at radius 2 is 2.05 bits per heavy atom. The average molecular weight is 282 g/mol. The van der Waals surface area contributed by atoms with Crippen LogP contribution in [-0.4, -0.2) is 25.3 Å². The molecule has 2 atom stereocenters. The lowest BCUT2D eigenvalue weighted by Crippen LogP contribution is -2.29. The van der Waals surface area contributed by atoms with Crippen LogP contribution >= 0.6 is 11.6 Å². The molecule has 0 saturated carbocycles. The van der Waals surface area contributed by atoms with Crippen molar-refractivity contribution in [3.63, 3.8) is 0 Å². The molecule has 0 bridgehead atoms. The van der Waals surface area contributed by atoms with Gasteiger partial charge in [-0.05, 0) is 42.9 Å². The summed E-state index contributed by atoms with van der Waals surface area (Å²) in [4.78, 5) is 0. The van der Waals surface area contributed by atoms with Crippen molar-refractivity contribution in [3.8, 4) is 0 Å². The van der Waals surface area contributed by atoms with E-state index in [1.165, 1.54) is 18.4 Å². The summed E-state index contributed by atoms with van der Waals surface area (Å²) in [6.07, 6.45) is 3.93. The second-order valence-electron chi connectivity index (χ2n) is 5.68. The first kappa shape index (κ1) is 14.8. The van der Waals surface area contributed by atoms with Crippen molar-refractivity contribution in [2.24, 2.45) is 0 Å². The molecule has 0 aromatic heterocycles. The number of nitrogens with one attached hydrogen (secondary N) is 1. The molecule has 2 rings (SSSR count). The average Bonchev–Trinajstić information content (AvgIpc) is 2.88. The van der Waals surface area contributed by atoms with E-state index in [2.05, 4.69) is 31.3 Å². The molecule has 0 amide bonds. The van der Waals surface area contributed by atoms with Crippen molar-refractivity contribution in [2.45, 2.75) is 51.2 Å². The summed E-state index contributed by atoms with van der Waals surface area (Å²) in [6, 6.07) is 8.76. The van der Waals surface area contributed by atoms with Gasteiger partial charge >= 0.3 is 0 Å². The van der Waals surface area contributed by atoms with Gasteiger partial charge in [0.15, 0.2) is 0 Å². The molecule has 0 radical (unpaired) electrons. The van der Waals surface area contributed by atoms with Gasteiger partial charge in [0.2, 0.25) is 0 Å². The van der Waals surface area contributed by atoms with E-state index < -0.39 is 0 Å². The quantitative estimate of drug-likeness (QED) is 0.851. The van der Waals surface area contributed by atoms with Gasteiger partial charge in [-0.3, -0.25) is 0 Å². The standard InChI is InChI=1S/C16H24ClNO/c1-12(2)18-11-14(10-16-4-3-9-19-16)13-5-7-15(17)8-6-13/h5-8,12,14,16,18H,3-4,9-11H2,1-2H3. The van der Waals surface area contributed by atoms with E-state index in [0.29, 0.717) is 18.1 Å². The molecular weight excluding hydrogens is 258 g/mol. The maximum atomic E-state index is 5.97. The first-order valence-electron chi connectivity index (χ1n) is 7.25. The largest absolute Gasteiger partial charge is 0.378 e. The Hall–Kier alpha value is -0.570. The molecule has 2 nitrogen and oxygen atoms in total. The van der Waals surface area contributed by atoms with Crippen LogP contribution in [0.2, 0.25) is 5.02 Å². The molecule has 1 aromatic rings. The predicted molar refractivity (Wildman–Crippen MR) is 80.9 cm³/mol. The zero-order valence-corrected chi connectivity index (χ0v) is 12.6. The van der Waals surface area contributed by atoms with Crippen molar-refractivity contribution in [1.82, 2.24) is 5.32 Å². The molecule has 2 unspecified atom stereocenters. The van der Waals surface area contributed by atoms with Gasteiger partial charge in [-0.25, -0.2) is 0 Å². The number of hydrogen-bond acceptors (Lipinski definition) is 2. The summed E-state index contributed by atoms with van der Waals surface area (Å²) in [5.74, 6) is 0.503. The number of benzene rings is 1. The van der Waals surface area contributed by atoms with Crippen molar-refractivity contribution in [2.75, 3.05) is 13.2 Å². The highest BCUT2D eigenvalue weighted by Gasteiger charge is 2.22. The van der Waals surface area contributed by atoms with E-state index in [4.69, 9.17) is 16.3 Å². The Kier molecular flexibility index (Phi) is 5.68. The Balaban J connectivity index is 2.01. The SMILES string of the molecule is CC(C)NCC(CC1CCCO1)c1ccc(Cl)cc1. The lowest BCUT2D eigenvalue weighted by molar-refractivity contribution is 0.0975. The van der Waals surface area contributed by atoms with Crippen LogP contribution in [0.5, 0.6) is 0 Å². The second kappa shape index (κ2) is 7.28. The smallest absolute Gasteiger partial charge is 0.0582 e. The van der Waals surface area contributed by atoms with Crippen LogP contribution in [0.25, 0.3) is 0 Å². The molecule has 1 N–H and O–H groups in total. The van der Waals surface area contributed by atoms with Crippen LogP contribution in [-0.2, 0) is 4.74 Å². The highest BCUT2D eigenvalue weighted by Crippen LogP contribution is 2.27. The van der Waals surface area contributed by atoms with Crippen molar-refractivity contribution in [3.05, 3.63) is 34.9 Å². The van der Waals surface area contributed by atoms with Gasteiger partial charge in [-0.2, -0.15) is 0 Å². The van der Waals surface area contributed by atoms with E-state index in [0.717, 1.165) is 24.6 Å². The zero-order chi connectivity index (χ0) is 13.7. The third kappa shape index (κ3) is 4.79. The number of hydrogen-bond donors (Lipinski definition) is 1. The van der Waals surface area contributed by atoms with Crippen LogP contribution in [0.4, 0.5) is 0 Å². The molecule has 106 valence electrons. The predicted octanol–water partition coefficient (Wildman–Crippen LogP) is 3.99. The Morgan fingerprint density at radius 1 is 1.32 bits per heavy atom. The number of rotatable bonds is 6. The van der Waals surface area contributed by atoms with E-state index in [9.17, 15) is 0 Å². The molecule has 1 aliphatic heterocycles. The minimum Gasteiger partial charge on any atom is -0.378 e. The summed E-state index contributed by atoms with van der Waals surface area (Å²) in [7, 11) is 0. The third-order valence-corrected chi connectivity index (χ3v) is 3.94. The van der Waals surface area contributed by atoms with Crippen molar-refractivity contribution < 1.29 is 4.74 Å². The summed E-state index contributed by atoms with van der Waals surface area (Å²) in [5, 5.41) is 4.35. The second-order valence-corrected chi connectivity index (χ2v) is 6.12. The van der Waals surface area contributed by atoms with Gasteiger partial charge in [-0.15, -0.1) is 0 Å². The van der Waals surface area contributed by atoms with Gasteiger partial charge in [0.25, 0.3) is 0 Å². The van der Waals surface area contributed by atoms with Crippen molar-refractivity contribution >= 4 is 11.6 Å². The monoisotopic (exact) mass is 281 g/mol. The summed E-state index contributed by atoms with van der Waals surface area (Å²) in [5.41, 5.74) is 1.35. The summed E-state index contributed by atoms with van der Waals surface area (Å²) in [6.45, 7) is 6.30. The van der Waals surface area contributed by atoms with Gasteiger partial charge in [0, 0.05) is 24.2 Å². The summed E-state index contributed by atoms with van der Waals surface area (Å²) < 4.78 is 5.78. The molecule has 1 aromatic carbocycles. The molecule has 1 saturated heterocycles. The molecule has 0 spiro atoms. The lowest BCUT2D eigenvalue weighted by Gasteiger charge is -2.22. The fourth-order valence-corrected chi connectivity index (χ4v) is 2.72. The lowest BCUT2D eigenvalue weighted by atomic mass is 9.92. The molecular formula is C16H24ClNO. The molecule has 1 aliphatic rings. The van der Waals surface area contributed by atoms with Crippen LogP contribution in [0.1, 0.15) is 44.6 Å². The van der Waals surface area contributed by atoms with E-state index in [1.54, 1.807) is 0 Å². The van der Waals surface area contributed by atoms with E-state index in [1.807, 2.05) is 12.1 Å². The molecule has 1 heterocycles. The third-order valence-electron chi connectivity index (χ3n) is 3.69. The van der Waals surface area contributed by atoms with Crippen LogP contribution in [0, 0.1) is 0 Å². The van der Waals surface area contributed by atoms with E-state index >= 15 is 0 Å². The highest BCUT2D eigenvalue weighted by molar-refractivity contribution is 6.30. The first-order chi connectivity index (χ1) is 9.15. The molecule has 0 aliphatic carbocycles. The first-order valence-corrected chi connectivity index (χ1v) is 7.63. The fourth-order valence-electron chi connectivity index (χ4n) is 2.60. The highest BCUT2D eigenvalue weighted by atomic mass is 35.5. The minimum absolute atomic E-state index is 0.426. The zero-order valence-electron chi connectivity index (χ0n) is 11.9. The molecule has 19 heavy (non-hydrogen) atoms. The van der Waals surface area contributed by atoms with Gasteiger partial charge in [-0.1, -0.05) is 37.6 Å². The maximum Gasteiger partial charge on any atom is 0.0582 e. The number of ether oxygens (including phenoxy) is 1. The van der Waals surface area contributed by atoms with Crippen LogP contribution in [0.3, 0.4) is 0 Å². The normalized spacial score (nSPS) is 20.9. The fraction of sp³-hybridized carbons (Fsp3) is 0.625. The molecule has 1 fully saturated rings. The Morgan fingerprint density at radius 3 is 2.63 bits per heavy atom. The minimum atomic E-state index is 0.426.